The number of anilines is 1. The number of carbonyl (C=O) groups is 1. The number of halogens is 1. The van der Waals surface area contributed by atoms with Gasteiger partial charge in [0.05, 0.1) is 16.8 Å². The molecule has 3 heterocycles. The van der Waals surface area contributed by atoms with Gasteiger partial charge in [-0.1, -0.05) is 39.3 Å². The Morgan fingerprint density at radius 3 is 2.41 bits per heavy atom. The van der Waals surface area contributed by atoms with Crippen molar-refractivity contribution < 1.29 is 9.18 Å². The van der Waals surface area contributed by atoms with Crippen LogP contribution in [0.5, 0.6) is 0 Å². The first-order valence-corrected chi connectivity index (χ1v) is 14.1. The fourth-order valence-corrected chi connectivity index (χ4v) is 5.35. The number of nitrogens with zero attached hydrogens (tertiary/aromatic N) is 6. The molecular weight excluding hydrogens is 491 g/mol. The number of aromatic nitrogens is 4. The first-order chi connectivity index (χ1) is 18.9. The van der Waals surface area contributed by atoms with Crippen LogP contribution in [0.2, 0.25) is 0 Å². The Morgan fingerprint density at radius 1 is 0.974 bits per heavy atom. The van der Waals surface area contributed by atoms with Gasteiger partial charge < -0.3 is 9.80 Å². The smallest absolute Gasteiger partial charge is 0.253 e. The first-order valence-electron chi connectivity index (χ1n) is 14.1. The zero-order chi connectivity index (χ0) is 27.5. The van der Waals surface area contributed by atoms with Crippen LogP contribution in [-0.2, 0) is 6.42 Å². The van der Waals surface area contributed by atoms with Crippen LogP contribution in [0.15, 0.2) is 48.5 Å². The Hall–Kier alpha value is -3.81. The molecule has 2 aromatic carbocycles. The van der Waals surface area contributed by atoms with E-state index in [2.05, 4.69) is 25.7 Å². The minimum atomic E-state index is -0.288. The van der Waals surface area contributed by atoms with Crippen molar-refractivity contribution >= 4 is 22.8 Å². The minimum Gasteiger partial charge on any atom is -0.354 e. The van der Waals surface area contributed by atoms with Crippen molar-refractivity contribution in [2.24, 2.45) is 0 Å². The molecule has 1 unspecified atom stereocenters. The lowest BCUT2D eigenvalue weighted by Gasteiger charge is -2.24. The highest BCUT2D eigenvalue weighted by atomic mass is 19.1. The van der Waals surface area contributed by atoms with Crippen molar-refractivity contribution in [3.8, 4) is 5.69 Å². The van der Waals surface area contributed by atoms with Crippen LogP contribution in [0.4, 0.5) is 10.2 Å². The van der Waals surface area contributed by atoms with Gasteiger partial charge in [0.25, 0.3) is 5.91 Å². The topological polar surface area (TPSA) is 67.2 Å². The summed E-state index contributed by atoms with van der Waals surface area (Å²) < 4.78 is 15.5. The molecule has 8 heteroatoms. The molecule has 1 atom stereocenters. The summed E-state index contributed by atoms with van der Waals surface area (Å²) in [4.78, 5) is 27.6. The van der Waals surface area contributed by atoms with E-state index in [1.807, 2.05) is 36.1 Å². The van der Waals surface area contributed by atoms with Gasteiger partial charge in [0.15, 0.2) is 5.65 Å². The molecule has 4 aromatic rings. The summed E-state index contributed by atoms with van der Waals surface area (Å²) in [6.07, 6.45) is 3.81. The molecule has 1 fully saturated rings. The Kier molecular flexibility index (Phi) is 7.91. The fraction of sp³-hybridized carbons (Fsp3) is 0.419. The molecular formula is C31H37FN6O. The molecule has 1 aliphatic rings. The van der Waals surface area contributed by atoms with Gasteiger partial charge >= 0.3 is 0 Å². The number of rotatable bonds is 7. The van der Waals surface area contributed by atoms with Crippen molar-refractivity contribution in [2.45, 2.75) is 59.3 Å². The lowest BCUT2D eigenvalue weighted by atomic mass is 10.1. The van der Waals surface area contributed by atoms with E-state index in [0.717, 1.165) is 71.8 Å². The van der Waals surface area contributed by atoms with Crippen molar-refractivity contribution in [2.75, 3.05) is 31.1 Å². The molecule has 0 bridgehead atoms. The molecule has 1 amide bonds. The van der Waals surface area contributed by atoms with Gasteiger partial charge in [0, 0.05) is 37.7 Å². The van der Waals surface area contributed by atoms with E-state index >= 15 is 0 Å². The molecule has 0 aliphatic carbocycles. The van der Waals surface area contributed by atoms with Gasteiger partial charge in [-0.2, -0.15) is 5.10 Å². The Balaban J connectivity index is 1.50. The molecule has 2 aromatic heterocycles. The lowest BCUT2D eigenvalue weighted by Crippen LogP contribution is -2.35. The van der Waals surface area contributed by atoms with Crippen molar-refractivity contribution in [3.63, 3.8) is 0 Å². The van der Waals surface area contributed by atoms with E-state index in [9.17, 15) is 9.18 Å². The Morgan fingerprint density at radius 2 is 1.72 bits per heavy atom. The highest BCUT2D eigenvalue weighted by Gasteiger charge is 2.26. The quantitative estimate of drug-likeness (QED) is 0.291. The average Bonchev–Trinajstić information content (AvgIpc) is 3.12. The van der Waals surface area contributed by atoms with Crippen LogP contribution in [0.25, 0.3) is 16.7 Å². The van der Waals surface area contributed by atoms with E-state index in [-0.39, 0.29) is 17.6 Å². The summed E-state index contributed by atoms with van der Waals surface area (Å²) in [5, 5.41) is 5.72. The van der Waals surface area contributed by atoms with E-state index in [4.69, 9.17) is 15.1 Å². The number of aryl methyl sites for hydroxylation is 2. The molecule has 204 valence electrons. The zero-order valence-corrected chi connectivity index (χ0v) is 23.3. The fourth-order valence-electron chi connectivity index (χ4n) is 5.35. The van der Waals surface area contributed by atoms with Crippen molar-refractivity contribution in [1.82, 2.24) is 24.6 Å². The second-order valence-electron chi connectivity index (χ2n) is 10.5. The van der Waals surface area contributed by atoms with Gasteiger partial charge in [-0.15, -0.1) is 0 Å². The summed E-state index contributed by atoms with van der Waals surface area (Å²) in [6.45, 7) is 11.2. The summed E-state index contributed by atoms with van der Waals surface area (Å²) >= 11 is 0. The third-order valence-corrected chi connectivity index (χ3v) is 7.63. The molecule has 39 heavy (non-hydrogen) atoms. The Labute approximate surface area is 229 Å². The van der Waals surface area contributed by atoms with Gasteiger partial charge in [0.2, 0.25) is 0 Å². The van der Waals surface area contributed by atoms with Crippen LogP contribution in [0.1, 0.15) is 73.4 Å². The molecule has 0 saturated carbocycles. The standard InChI is InChI=1S/C31H37FN6O/c1-5-8-21(3)28-33-29(27-22(4)35-38(30(27)34-28)26-15-13-25(32)14-16-26)36-17-7-18-37(20-19-36)31(39)24-11-9-23(6-2)10-12-24/h9-16,21H,5-8,17-20H2,1-4H3. The molecule has 0 spiro atoms. The SMILES string of the molecule is CCCC(C)c1nc(N2CCCN(C(=O)c3ccc(CC)cc3)CC2)c2c(C)nn(-c3ccc(F)cc3)c2n1. The maximum Gasteiger partial charge on any atom is 0.253 e. The third-order valence-electron chi connectivity index (χ3n) is 7.63. The van der Waals surface area contributed by atoms with Crippen LogP contribution in [0, 0.1) is 12.7 Å². The lowest BCUT2D eigenvalue weighted by molar-refractivity contribution is 0.0767. The van der Waals surface area contributed by atoms with Gasteiger partial charge in [-0.25, -0.2) is 19.0 Å². The van der Waals surface area contributed by atoms with Crippen molar-refractivity contribution in [3.05, 3.63) is 77.0 Å². The second-order valence-corrected chi connectivity index (χ2v) is 10.5. The number of hydrogen-bond acceptors (Lipinski definition) is 5. The molecule has 1 aliphatic heterocycles. The summed E-state index contributed by atoms with van der Waals surface area (Å²) in [6, 6.07) is 14.3. The molecule has 5 rings (SSSR count). The largest absolute Gasteiger partial charge is 0.354 e. The Bertz CT molecular complexity index is 1450. The predicted molar refractivity (Wildman–Crippen MR) is 153 cm³/mol. The van der Waals surface area contributed by atoms with E-state index in [0.29, 0.717) is 19.6 Å². The second kappa shape index (κ2) is 11.5. The van der Waals surface area contributed by atoms with Crippen LogP contribution in [0.3, 0.4) is 0 Å². The van der Waals surface area contributed by atoms with Crippen LogP contribution < -0.4 is 4.90 Å². The van der Waals surface area contributed by atoms with E-state index in [1.54, 1.807) is 16.8 Å². The molecule has 7 nitrogen and oxygen atoms in total. The van der Waals surface area contributed by atoms with Gasteiger partial charge in [0.1, 0.15) is 17.5 Å². The average molecular weight is 529 g/mol. The monoisotopic (exact) mass is 528 g/mol. The maximum atomic E-state index is 13.7. The molecule has 0 N–H and O–H groups in total. The minimum absolute atomic E-state index is 0.0740. The van der Waals surface area contributed by atoms with Crippen LogP contribution in [-0.4, -0.2) is 56.7 Å². The highest BCUT2D eigenvalue weighted by Crippen LogP contribution is 2.32. The number of benzene rings is 2. The first kappa shape index (κ1) is 26.8. The summed E-state index contributed by atoms with van der Waals surface area (Å²) in [5.74, 6) is 1.63. The number of fused-ring (bicyclic) bond motifs is 1. The summed E-state index contributed by atoms with van der Waals surface area (Å²) in [7, 11) is 0. The van der Waals surface area contributed by atoms with E-state index in [1.165, 1.54) is 17.7 Å². The summed E-state index contributed by atoms with van der Waals surface area (Å²) in [5.41, 5.74) is 4.28. The number of hydrogen-bond donors (Lipinski definition) is 0. The highest BCUT2D eigenvalue weighted by molar-refractivity contribution is 5.94. The maximum absolute atomic E-state index is 13.7. The molecule has 0 radical (unpaired) electrons. The van der Waals surface area contributed by atoms with E-state index < -0.39 is 0 Å². The van der Waals surface area contributed by atoms with Gasteiger partial charge in [-0.3, -0.25) is 4.79 Å². The zero-order valence-electron chi connectivity index (χ0n) is 23.3. The van der Waals surface area contributed by atoms with Gasteiger partial charge in [-0.05, 0) is 68.1 Å². The molecule has 1 saturated heterocycles. The van der Waals surface area contributed by atoms with Crippen LogP contribution >= 0.6 is 0 Å². The number of carbonyl (C=O) groups excluding carboxylic acids is 1. The number of amides is 1. The van der Waals surface area contributed by atoms with Crippen molar-refractivity contribution in [1.29, 1.82) is 0 Å². The third kappa shape index (κ3) is 5.51. The normalized spacial score (nSPS) is 15.0. The predicted octanol–water partition coefficient (Wildman–Crippen LogP) is 6.08.